The number of unbranched alkanes of at least 4 members (excludes halogenated alkanes) is 36. The number of aliphatic hydroxyl groups is 2. The molecule has 0 heterocycles. The Morgan fingerprint density at radius 3 is 0.679 bits per heavy atom. The molecule has 0 amide bonds. The molecule has 4 atom stereocenters. The van der Waals surface area contributed by atoms with E-state index in [-0.39, 0.29) is 36.6 Å². The zero-order valence-corrected chi connectivity index (χ0v) is 56.1. The Labute approximate surface area is 506 Å². The molecule has 0 saturated heterocycles. The highest BCUT2D eigenvalue weighted by Gasteiger charge is 2.39. The molecular formula is C72H146O9. The van der Waals surface area contributed by atoms with Crippen LogP contribution in [0.5, 0.6) is 0 Å². The first kappa shape index (κ1) is 80.6. The van der Waals surface area contributed by atoms with Crippen molar-refractivity contribution in [2.45, 2.75) is 374 Å². The van der Waals surface area contributed by atoms with Gasteiger partial charge in [-0.3, -0.25) is 0 Å². The van der Waals surface area contributed by atoms with Crippen LogP contribution in [-0.2, 0) is 33.2 Å². The van der Waals surface area contributed by atoms with Crippen molar-refractivity contribution in [2.75, 3.05) is 79.3 Å². The van der Waals surface area contributed by atoms with Crippen molar-refractivity contribution in [1.82, 2.24) is 0 Å². The quantitative estimate of drug-likeness (QED) is 0.0576. The van der Waals surface area contributed by atoms with Crippen LogP contribution in [0, 0.1) is 11.8 Å². The summed E-state index contributed by atoms with van der Waals surface area (Å²) in [6.07, 6.45) is 60.0. The van der Waals surface area contributed by atoms with Crippen LogP contribution in [0.15, 0.2) is 0 Å². The van der Waals surface area contributed by atoms with E-state index in [0.717, 1.165) is 38.5 Å². The number of ether oxygens (including phenoxy) is 7. The van der Waals surface area contributed by atoms with Gasteiger partial charge in [0, 0.05) is 0 Å². The summed E-state index contributed by atoms with van der Waals surface area (Å²) in [5, 5.41) is 18.4. The molecule has 9 nitrogen and oxygen atoms in total. The summed E-state index contributed by atoms with van der Waals surface area (Å²) in [4.78, 5) is 0. The summed E-state index contributed by atoms with van der Waals surface area (Å²) in [5.41, 5.74) is -0.434. The Hall–Kier alpha value is -0.360. The molecule has 0 aromatic heterocycles. The van der Waals surface area contributed by atoms with Gasteiger partial charge in [0.15, 0.2) is 0 Å². The SMILES string of the molecule is CCCCCCCCCCCCC(CCCCCCCCCCCC)(OCCOCCOCCO)C(C)CC(C)OC(C)CC(C)C(CCCCCCCCCCCC)(CCCCCCCCCCCC)OCCOCCOCCO. The molecule has 0 radical (unpaired) electrons. The van der Waals surface area contributed by atoms with E-state index >= 15 is 0 Å². The van der Waals surface area contributed by atoms with Crippen molar-refractivity contribution in [3.05, 3.63) is 0 Å². The second-order valence-electron chi connectivity index (χ2n) is 25.5. The van der Waals surface area contributed by atoms with E-state index in [1.165, 1.54) is 257 Å². The molecule has 4 unspecified atom stereocenters. The molecule has 0 saturated carbocycles. The highest BCUT2D eigenvalue weighted by Crippen LogP contribution is 2.40. The van der Waals surface area contributed by atoms with Gasteiger partial charge < -0.3 is 43.4 Å². The Balaban J connectivity index is 6.36. The maximum atomic E-state index is 9.18. The summed E-state index contributed by atoms with van der Waals surface area (Å²) >= 11 is 0. The molecule has 488 valence electrons. The lowest BCUT2D eigenvalue weighted by Crippen LogP contribution is -2.43. The van der Waals surface area contributed by atoms with Gasteiger partial charge >= 0.3 is 0 Å². The first-order valence-electron chi connectivity index (χ1n) is 36.2. The molecular weight excluding hydrogens is 1010 g/mol. The Kier molecular flexibility index (Phi) is 62.4. The van der Waals surface area contributed by atoms with Crippen LogP contribution >= 0.6 is 0 Å². The fraction of sp³-hybridized carbons (Fsp3) is 1.00. The zero-order chi connectivity index (χ0) is 59.3. The van der Waals surface area contributed by atoms with Crippen LogP contribution < -0.4 is 0 Å². The van der Waals surface area contributed by atoms with Crippen molar-refractivity contribution < 1.29 is 43.4 Å². The molecule has 9 heteroatoms. The molecule has 0 bridgehead atoms. The summed E-state index contributed by atoms with van der Waals surface area (Å²) in [7, 11) is 0. The fourth-order valence-electron chi connectivity index (χ4n) is 12.8. The molecule has 0 aliphatic rings. The summed E-state index contributed by atoms with van der Waals surface area (Å²) < 4.78 is 44.8. The molecule has 2 N–H and O–H groups in total. The van der Waals surface area contributed by atoms with Gasteiger partial charge in [-0.25, -0.2) is 0 Å². The van der Waals surface area contributed by atoms with E-state index in [0.29, 0.717) is 77.9 Å². The highest BCUT2D eigenvalue weighted by atomic mass is 16.6. The summed E-state index contributed by atoms with van der Waals surface area (Å²) in [5.74, 6) is 0.678. The lowest BCUT2D eigenvalue weighted by Gasteiger charge is -2.42. The Bertz CT molecular complexity index is 1050. The van der Waals surface area contributed by atoms with E-state index in [1.807, 2.05) is 0 Å². The molecule has 0 aliphatic heterocycles. The average molecular weight is 1160 g/mol. The van der Waals surface area contributed by atoms with Gasteiger partial charge in [-0.05, 0) is 64.2 Å². The molecule has 0 fully saturated rings. The van der Waals surface area contributed by atoms with Gasteiger partial charge in [0.1, 0.15) is 0 Å². The third-order valence-corrected chi connectivity index (χ3v) is 17.9. The highest BCUT2D eigenvalue weighted by molar-refractivity contribution is 4.90. The van der Waals surface area contributed by atoms with E-state index in [2.05, 4.69) is 55.4 Å². The molecule has 81 heavy (non-hydrogen) atoms. The minimum atomic E-state index is -0.217. The lowest BCUT2D eigenvalue weighted by atomic mass is 9.76. The predicted molar refractivity (Wildman–Crippen MR) is 348 cm³/mol. The van der Waals surface area contributed by atoms with Crippen LogP contribution in [0.2, 0.25) is 0 Å². The summed E-state index contributed by atoms with van der Waals surface area (Å²) in [6, 6.07) is 0. The van der Waals surface area contributed by atoms with Gasteiger partial charge in [0.25, 0.3) is 0 Å². The van der Waals surface area contributed by atoms with Gasteiger partial charge in [-0.15, -0.1) is 0 Å². The van der Waals surface area contributed by atoms with Gasteiger partial charge in [-0.2, -0.15) is 0 Å². The Morgan fingerprint density at radius 2 is 0.457 bits per heavy atom. The molecule has 0 spiro atoms. The largest absolute Gasteiger partial charge is 0.394 e. The van der Waals surface area contributed by atoms with Crippen molar-refractivity contribution in [3.8, 4) is 0 Å². The van der Waals surface area contributed by atoms with Crippen molar-refractivity contribution in [1.29, 1.82) is 0 Å². The van der Waals surface area contributed by atoms with Crippen LogP contribution in [0.4, 0.5) is 0 Å². The smallest absolute Gasteiger partial charge is 0.0710 e. The van der Waals surface area contributed by atoms with Crippen LogP contribution in [0.1, 0.15) is 351 Å². The average Bonchev–Trinajstić information content (AvgIpc) is 3.47. The van der Waals surface area contributed by atoms with Crippen LogP contribution in [0.3, 0.4) is 0 Å². The number of hydrogen-bond donors (Lipinski definition) is 2. The second kappa shape index (κ2) is 62.7. The maximum Gasteiger partial charge on any atom is 0.0710 e. The monoisotopic (exact) mass is 1160 g/mol. The zero-order valence-electron chi connectivity index (χ0n) is 56.1. The van der Waals surface area contributed by atoms with E-state index in [4.69, 9.17) is 33.2 Å². The summed E-state index contributed by atoms with van der Waals surface area (Å²) in [6.45, 7) is 23.9. The van der Waals surface area contributed by atoms with Crippen molar-refractivity contribution >= 4 is 0 Å². The van der Waals surface area contributed by atoms with Crippen molar-refractivity contribution in [3.63, 3.8) is 0 Å². The van der Waals surface area contributed by atoms with E-state index in [9.17, 15) is 10.2 Å². The molecule has 0 aliphatic carbocycles. The maximum absolute atomic E-state index is 9.18. The van der Waals surface area contributed by atoms with Crippen molar-refractivity contribution in [2.24, 2.45) is 11.8 Å². The van der Waals surface area contributed by atoms with Crippen LogP contribution in [-0.4, -0.2) is 113 Å². The first-order valence-corrected chi connectivity index (χ1v) is 36.2. The number of hydrogen-bond acceptors (Lipinski definition) is 9. The normalized spacial score (nSPS) is 13.9. The molecule has 0 aromatic carbocycles. The molecule has 0 rings (SSSR count). The van der Waals surface area contributed by atoms with E-state index < -0.39 is 0 Å². The standard InChI is InChI=1S/C72H146O9/c1-9-13-17-21-25-29-33-37-41-45-49-71(79-63-61-77-59-57-75-55-53-73,50-46-42-38-34-30-26-22-18-14-10-2)67(5)65-69(7)81-70(8)66-68(6)72(80-64-62-78-60-58-76-56-54-74,51-47-43-39-35-31-27-23-19-15-11-3)52-48-44-40-36-32-28-24-20-16-12-4/h67-70,73-74H,9-66H2,1-8H3. The van der Waals surface area contributed by atoms with Gasteiger partial charge in [0.2, 0.25) is 0 Å². The third-order valence-electron chi connectivity index (χ3n) is 17.9. The minimum absolute atomic E-state index is 0.0380. The predicted octanol–water partition coefficient (Wildman–Crippen LogP) is 20.6. The molecule has 0 aromatic rings. The van der Waals surface area contributed by atoms with Crippen LogP contribution in [0.25, 0.3) is 0 Å². The van der Waals surface area contributed by atoms with Gasteiger partial charge in [-0.1, -0.05) is 298 Å². The number of aliphatic hydroxyl groups excluding tert-OH is 2. The first-order chi connectivity index (χ1) is 39.7. The second-order valence-corrected chi connectivity index (χ2v) is 25.5. The minimum Gasteiger partial charge on any atom is -0.394 e. The topological polar surface area (TPSA) is 105 Å². The van der Waals surface area contributed by atoms with Gasteiger partial charge in [0.05, 0.1) is 103 Å². The van der Waals surface area contributed by atoms with E-state index in [1.54, 1.807) is 0 Å². The third kappa shape index (κ3) is 50.4. The lowest BCUT2D eigenvalue weighted by molar-refractivity contribution is -0.134. The number of rotatable bonds is 70. The fourth-order valence-corrected chi connectivity index (χ4v) is 12.8. The Morgan fingerprint density at radius 1 is 0.259 bits per heavy atom.